The van der Waals surface area contributed by atoms with E-state index in [0.29, 0.717) is 10.2 Å². The third-order valence-corrected chi connectivity index (χ3v) is 3.45. The summed E-state index contributed by atoms with van der Waals surface area (Å²) in [4.78, 5) is 34.4. The number of amides is 2. The van der Waals surface area contributed by atoms with Gasteiger partial charge in [-0.2, -0.15) is 0 Å². The Bertz CT molecular complexity index is 560. The maximum Gasteiger partial charge on any atom is 0.292 e. The van der Waals surface area contributed by atoms with Gasteiger partial charge in [0.15, 0.2) is 0 Å². The van der Waals surface area contributed by atoms with E-state index in [2.05, 4.69) is 21.2 Å². The van der Waals surface area contributed by atoms with Crippen LogP contribution in [0.25, 0.3) is 0 Å². The van der Waals surface area contributed by atoms with Crippen LogP contribution in [0.2, 0.25) is 0 Å². The van der Waals surface area contributed by atoms with E-state index in [9.17, 15) is 19.7 Å². The minimum absolute atomic E-state index is 0.0488. The lowest BCUT2D eigenvalue weighted by molar-refractivity contribution is -0.384. The van der Waals surface area contributed by atoms with Crippen molar-refractivity contribution in [2.45, 2.75) is 12.8 Å². The predicted octanol–water partition coefficient (Wildman–Crippen LogP) is 1.92. The second kappa shape index (κ2) is 6.00. The van der Waals surface area contributed by atoms with Gasteiger partial charge in [0.2, 0.25) is 11.8 Å². The van der Waals surface area contributed by atoms with Gasteiger partial charge in [0.05, 0.1) is 4.92 Å². The van der Waals surface area contributed by atoms with Crippen molar-refractivity contribution >= 4 is 39.1 Å². The molecule has 2 amide bonds. The Morgan fingerprint density at radius 2 is 1.95 bits per heavy atom. The Hall–Kier alpha value is -1.96. The molecule has 1 N–H and O–H groups in total. The fourth-order valence-electron chi connectivity index (χ4n) is 1.98. The normalized spacial score (nSPS) is 14.8. The van der Waals surface area contributed by atoms with Crippen LogP contribution in [0.3, 0.4) is 0 Å². The Labute approximate surface area is 123 Å². The molecule has 0 unspecified atom stereocenters. The van der Waals surface area contributed by atoms with Crippen molar-refractivity contribution in [3.05, 3.63) is 32.8 Å². The topological polar surface area (TPSA) is 92.6 Å². The molecule has 20 heavy (non-hydrogen) atoms. The molecule has 1 saturated heterocycles. The molecular weight excluding hydrogens is 330 g/mol. The van der Waals surface area contributed by atoms with Crippen molar-refractivity contribution in [3.8, 4) is 0 Å². The first-order chi connectivity index (χ1) is 9.49. The van der Waals surface area contributed by atoms with Crippen molar-refractivity contribution in [1.29, 1.82) is 0 Å². The summed E-state index contributed by atoms with van der Waals surface area (Å²) in [7, 11) is 0. The molecule has 1 fully saturated rings. The first-order valence-corrected chi connectivity index (χ1v) is 6.79. The zero-order valence-corrected chi connectivity index (χ0v) is 12.1. The number of anilines is 1. The monoisotopic (exact) mass is 341 g/mol. The van der Waals surface area contributed by atoms with E-state index in [0.717, 1.165) is 0 Å². The number of hydrogen-bond acceptors (Lipinski definition) is 5. The lowest BCUT2D eigenvalue weighted by Crippen LogP contribution is -2.33. The van der Waals surface area contributed by atoms with Gasteiger partial charge in [0.1, 0.15) is 5.69 Å². The Morgan fingerprint density at radius 3 is 2.55 bits per heavy atom. The summed E-state index contributed by atoms with van der Waals surface area (Å²) in [6.45, 7) is 0.482. The van der Waals surface area contributed by atoms with Crippen LogP contribution in [-0.2, 0) is 9.59 Å². The highest BCUT2D eigenvalue weighted by Crippen LogP contribution is 2.27. The molecule has 1 aromatic carbocycles. The lowest BCUT2D eigenvalue weighted by atomic mass is 10.2. The molecule has 0 bridgehead atoms. The standard InChI is InChI=1S/C12H12BrN3O4/c13-8-1-2-10(16(19)20)9(7-8)14-5-6-15-11(17)3-4-12(15)18/h1-2,7,14H,3-6H2. The number of nitro benzene ring substituents is 1. The summed E-state index contributed by atoms with van der Waals surface area (Å²) >= 11 is 3.24. The Balaban J connectivity index is 2.00. The predicted molar refractivity (Wildman–Crippen MR) is 75.2 cm³/mol. The molecule has 0 spiro atoms. The van der Waals surface area contributed by atoms with Gasteiger partial charge in [0, 0.05) is 36.5 Å². The SMILES string of the molecule is O=C1CCC(=O)N1CCNc1cc(Br)ccc1[N+](=O)[O-]. The maximum atomic E-state index is 11.4. The van der Waals surface area contributed by atoms with Gasteiger partial charge in [-0.3, -0.25) is 24.6 Å². The molecule has 0 aliphatic carbocycles. The molecule has 1 aliphatic rings. The van der Waals surface area contributed by atoms with E-state index in [4.69, 9.17) is 0 Å². The summed E-state index contributed by atoms with van der Waals surface area (Å²) in [5, 5.41) is 13.8. The highest BCUT2D eigenvalue weighted by molar-refractivity contribution is 9.10. The number of imide groups is 1. The third-order valence-electron chi connectivity index (χ3n) is 2.96. The molecule has 1 aromatic rings. The van der Waals surface area contributed by atoms with Gasteiger partial charge < -0.3 is 5.32 Å². The molecule has 0 aromatic heterocycles. The highest BCUT2D eigenvalue weighted by atomic mass is 79.9. The number of carbonyl (C=O) groups is 2. The van der Waals surface area contributed by atoms with E-state index >= 15 is 0 Å². The van der Waals surface area contributed by atoms with Crippen molar-refractivity contribution in [2.75, 3.05) is 18.4 Å². The van der Waals surface area contributed by atoms with Gasteiger partial charge in [-0.05, 0) is 12.1 Å². The smallest absolute Gasteiger partial charge is 0.292 e. The number of halogens is 1. The van der Waals surface area contributed by atoms with Gasteiger partial charge >= 0.3 is 0 Å². The zero-order valence-electron chi connectivity index (χ0n) is 10.5. The summed E-state index contributed by atoms with van der Waals surface area (Å²) < 4.78 is 0.707. The second-order valence-electron chi connectivity index (χ2n) is 4.28. The van der Waals surface area contributed by atoms with E-state index in [1.807, 2.05) is 0 Å². The highest BCUT2D eigenvalue weighted by Gasteiger charge is 2.28. The van der Waals surface area contributed by atoms with Gasteiger partial charge in [-0.15, -0.1) is 0 Å². The summed E-state index contributed by atoms with van der Waals surface area (Å²) in [6, 6.07) is 4.56. The number of rotatable bonds is 5. The maximum absolute atomic E-state index is 11.4. The van der Waals surface area contributed by atoms with Crippen LogP contribution >= 0.6 is 15.9 Å². The molecule has 8 heteroatoms. The number of nitro groups is 1. The first-order valence-electron chi connectivity index (χ1n) is 6.00. The van der Waals surface area contributed by atoms with Crippen LogP contribution in [0.15, 0.2) is 22.7 Å². The first kappa shape index (κ1) is 14.4. The minimum Gasteiger partial charge on any atom is -0.378 e. The summed E-state index contributed by atoms with van der Waals surface area (Å²) in [6.07, 6.45) is 0.492. The van der Waals surface area contributed by atoms with E-state index in [1.165, 1.54) is 11.0 Å². The van der Waals surface area contributed by atoms with Crippen molar-refractivity contribution in [1.82, 2.24) is 4.90 Å². The number of nitrogens with one attached hydrogen (secondary N) is 1. The average Bonchev–Trinajstić information content (AvgIpc) is 2.70. The number of carbonyl (C=O) groups excluding carboxylic acids is 2. The van der Waals surface area contributed by atoms with Crippen molar-refractivity contribution in [3.63, 3.8) is 0 Å². The Kier molecular flexibility index (Phi) is 4.33. The number of nitrogens with zero attached hydrogens (tertiary/aromatic N) is 2. The van der Waals surface area contributed by atoms with Crippen LogP contribution in [0.5, 0.6) is 0 Å². The lowest BCUT2D eigenvalue weighted by Gasteiger charge is -2.14. The van der Waals surface area contributed by atoms with Gasteiger partial charge in [-0.1, -0.05) is 15.9 Å². The number of benzene rings is 1. The fourth-order valence-corrected chi connectivity index (χ4v) is 2.34. The summed E-state index contributed by atoms with van der Waals surface area (Å²) in [5.41, 5.74) is 0.302. The van der Waals surface area contributed by atoms with Crippen LogP contribution in [0, 0.1) is 10.1 Å². The molecule has 106 valence electrons. The largest absolute Gasteiger partial charge is 0.378 e. The summed E-state index contributed by atoms with van der Waals surface area (Å²) in [5.74, 6) is -0.388. The van der Waals surface area contributed by atoms with E-state index in [-0.39, 0.29) is 43.4 Å². The van der Waals surface area contributed by atoms with Crippen LogP contribution in [-0.4, -0.2) is 34.7 Å². The molecule has 7 nitrogen and oxygen atoms in total. The molecule has 2 rings (SSSR count). The minimum atomic E-state index is -0.485. The molecule has 0 atom stereocenters. The van der Waals surface area contributed by atoms with Gasteiger partial charge in [-0.25, -0.2) is 0 Å². The van der Waals surface area contributed by atoms with Crippen LogP contribution < -0.4 is 5.32 Å². The Morgan fingerprint density at radius 1 is 1.30 bits per heavy atom. The van der Waals surface area contributed by atoms with Crippen LogP contribution in [0.4, 0.5) is 11.4 Å². The van der Waals surface area contributed by atoms with E-state index in [1.54, 1.807) is 12.1 Å². The number of likely N-dealkylation sites (tertiary alicyclic amines) is 1. The molecule has 1 aliphatic heterocycles. The second-order valence-corrected chi connectivity index (χ2v) is 5.20. The van der Waals surface area contributed by atoms with Crippen molar-refractivity contribution < 1.29 is 14.5 Å². The quantitative estimate of drug-likeness (QED) is 0.501. The van der Waals surface area contributed by atoms with Gasteiger partial charge in [0.25, 0.3) is 5.69 Å². The molecular formula is C12H12BrN3O4. The average molecular weight is 342 g/mol. The fraction of sp³-hybridized carbons (Fsp3) is 0.333. The molecule has 1 heterocycles. The third kappa shape index (κ3) is 3.13. The number of hydrogen-bond donors (Lipinski definition) is 1. The molecule has 0 radical (unpaired) electrons. The zero-order chi connectivity index (χ0) is 14.7. The van der Waals surface area contributed by atoms with Crippen LogP contribution in [0.1, 0.15) is 12.8 Å². The molecule has 0 saturated carbocycles. The van der Waals surface area contributed by atoms with E-state index < -0.39 is 4.92 Å². The van der Waals surface area contributed by atoms with Crippen molar-refractivity contribution in [2.24, 2.45) is 0 Å².